The number of carboxylic acid groups (broad SMARTS) is 1. The van der Waals surface area contributed by atoms with Gasteiger partial charge in [0.15, 0.2) is 0 Å². The normalized spacial score (nSPS) is 13.4. The van der Waals surface area contributed by atoms with Gasteiger partial charge >= 0.3 is 11.9 Å². The third kappa shape index (κ3) is 2.75. The molecule has 2 rings (SSSR count). The van der Waals surface area contributed by atoms with Crippen molar-refractivity contribution >= 4 is 11.9 Å². The van der Waals surface area contributed by atoms with E-state index in [0.29, 0.717) is 0 Å². The summed E-state index contributed by atoms with van der Waals surface area (Å²) in [6.07, 6.45) is 1.94. The number of ether oxygens (including phenoxy) is 1. The van der Waals surface area contributed by atoms with Crippen molar-refractivity contribution in [1.82, 2.24) is 5.32 Å². The first kappa shape index (κ1) is 11.4. The van der Waals surface area contributed by atoms with Gasteiger partial charge in [0.25, 0.3) is 0 Å². The molecule has 0 unspecified atom stereocenters. The Balaban J connectivity index is 2.02. The zero-order valence-electron chi connectivity index (χ0n) is 9.23. The lowest BCUT2D eigenvalue weighted by atomic mass is 10.0. The Kier molecular flexibility index (Phi) is 3.27. The van der Waals surface area contributed by atoms with Gasteiger partial charge in [-0.2, -0.15) is 0 Å². The molecule has 17 heavy (non-hydrogen) atoms. The average Bonchev–Trinajstić information content (AvgIpc) is 2.35. The van der Waals surface area contributed by atoms with E-state index in [0.717, 1.165) is 36.3 Å². The molecule has 1 heterocycles. The number of aliphatic carboxylic acids is 1. The molecular weight excluding hydrogens is 222 g/mol. The second-order valence-electron chi connectivity index (χ2n) is 3.88. The van der Waals surface area contributed by atoms with E-state index in [-0.39, 0.29) is 6.54 Å². The number of carboxylic acids is 1. The number of carbonyl (C=O) groups excluding carboxylic acids is 1. The average molecular weight is 235 g/mol. The predicted octanol–water partition coefficient (Wildman–Crippen LogP) is 0.712. The second-order valence-corrected chi connectivity index (χ2v) is 3.88. The van der Waals surface area contributed by atoms with E-state index < -0.39 is 11.9 Å². The van der Waals surface area contributed by atoms with E-state index in [2.05, 4.69) is 5.32 Å². The molecule has 0 bridgehead atoms. The highest BCUT2D eigenvalue weighted by Crippen LogP contribution is 2.25. The molecule has 5 nitrogen and oxygen atoms in total. The highest BCUT2D eigenvalue weighted by Gasteiger charge is 2.12. The predicted molar refractivity (Wildman–Crippen MR) is 59.7 cm³/mol. The van der Waals surface area contributed by atoms with E-state index in [1.54, 1.807) is 0 Å². The van der Waals surface area contributed by atoms with Gasteiger partial charge in [-0.05, 0) is 30.0 Å². The van der Waals surface area contributed by atoms with Crippen molar-refractivity contribution in [3.63, 3.8) is 0 Å². The van der Waals surface area contributed by atoms with Crippen LogP contribution in [0.5, 0.6) is 5.75 Å². The summed E-state index contributed by atoms with van der Waals surface area (Å²) >= 11 is 0. The number of fused-ring (bicyclic) bond motifs is 1. The molecule has 1 aromatic rings. The van der Waals surface area contributed by atoms with Crippen molar-refractivity contribution in [2.75, 3.05) is 6.61 Å². The van der Waals surface area contributed by atoms with Gasteiger partial charge in [0.05, 0.1) is 6.61 Å². The first-order valence-electron chi connectivity index (χ1n) is 5.42. The number of benzene rings is 1. The van der Waals surface area contributed by atoms with Crippen LogP contribution < -0.4 is 10.1 Å². The number of aryl methyl sites for hydroxylation is 1. The molecule has 0 saturated heterocycles. The van der Waals surface area contributed by atoms with Crippen molar-refractivity contribution in [1.29, 1.82) is 0 Å². The maximum Gasteiger partial charge on any atom is 0.394 e. The molecule has 0 fully saturated rings. The van der Waals surface area contributed by atoms with Gasteiger partial charge in [-0.1, -0.05) is 12.1 Å². The van der Waals surface area contributed by atoms with E-state index in [1.807, 2.05) is 18.2 Å². The highest BCUT2D eigenvalue weighted by molar-refractivity contribution is 6.31. The van der Waals surface area contributed by atoms with Gasteiger partial charge in [-0.3, -0.25) is 4.79 Å². The van der Waals surface area contributed by atoms with Gasteiger partial charge in [0.1, 0.15) is 5.75 Å². The number of hydrogen-bond donors (Lipinski definition) is 2. The number of nitrogens with one attached hydrogen (secondary N) is 1. The maximum absolute atomic E-state index is 10.9. The van der Waals surface area contributed by atoms with Crippen LogP contribution in [0.15, 0.2) is 18.2 Å². The minimum Gasteiger partial charge on any atom is -0.493 e. The lowest BCUT2D eigenvalue weighted by molar-refractivity contribution is -0.150. The van der Waals surface area contributed by atoms with E-state index in [9.17, 15) is 9.59 Å². The quantitative estimate of drug-likeness (QED) is 0.740. The first-order valence-corrected chi connectivity index (χ1v) is 5.42. The Bertz CT molecular complexity index is 456. The molecule has 5 heteroatoms. The number of amides is 1. The molecule has 0 aromatic heterocycles. The van der Waals surface area contributed by atoms with Crippen LogP contribution in [0.25, 0.3) is 0 Å². The third-order valence-electron chi connectivity index (χ3n) is 2.62. The number of rotatable bonds is 2. The maximum atomic E-state index is 10.9. The van der Waals surface area contributed by atoms with Gasteiger partial charge in [-0.15, -0.1) is 0 Å². The molecule has 1 aromatic carbocycles. The van der Waals surface area contributed by atoms with E-state index in [1.165, 1.54) is 0 Å². The minimum absolute atomic E-state index is 0.221. The molecule has 90 valence electrons. The van der Waals surface area contributed by atoms with Crippen LogP contribution >= 0.6 is 0 Å². The van der Waals surface area contributed by atoms with Crippen LogP contribution in [0.1, 0.15) is 17.5 Å². The van der Waals surface area contributed by atoms with Gasteiger partial charge < -0.3 is 15.2 Å². The fourth-order valence-electron chi connectivity index (χ4n) is 1.78. The smallest absolute Gasteiger partial charge is 0.394 e. The topological polar surface area (TPSA) is 75.6 Å². The lowest BCUT2D eigenvalue weighted by Gasteiger charge is -2.17. The van der Waals surface area contributed by atoms with Crippen LogP contribution in [0.4, 0.5) is 0 Å². The zero-order valence-corrected chi connectivity index (χ0v) is 9.23. The Hall–Kier alpha value is -2.04. The third-order valence-corrected chi connectivity index (χ3v) is 2.62. The van der Waals surface area contributed by atoms with Crippen molar-refractivity contribution < 1.29 is 19.4 Å². The summed E-state index contributed by atoms with van der Waals surface area (Å²) < 4.78 is 5.46. The van der Waals surface area contributed by atoms with Crippen molar-refractivity contribution in [3.05, 3.63) is 29.3 Å². The number of hydrogen-bond acceptors (Lipinski definition) is 3. The molecule has 0 radical (unpaired) electrons. The molecule has 0 aliphatic carbocycles. The number of carbonyl (C=O) groups is 2. The largest absolute Gasteiger partial charge is 0.493 e. The minimum atomic E-state index is -1.47. The van der Waals surface area contributed by atoms with E-state index in [4.69, 9.17) is 9.84 Å². The van der Waals surface area contributed by atoms with Crippen LogP contribution in [-0.2, 0) is 22.6 Å². The van der Waals surface area contributed by atoms with Crippen LogP contribution in [-0.4, -0.2) is 23.6 Å². The van der Waals surface area contributed by atoms with Gasteiger partial charge in [-0.25, -0.2) is 4.79 Å². The fraction of sp³-hybridized carbons (Fsp3) is 0.333. The van der Waals surface area contributed by atoms with E-state index >= 15 is 0 Å². The Morgan fingerprint density at radius 3 is 3.00 bits per heavy atom. The SMILES string of the molecule is O=C(O)C(=O)NCc1ccc2c(c1)CCCO2. The van der Waals surface area contributed by atoms with Crippen molar-refractivity contribution in [3.8, 4) is 5.75 Å². The Morgan fingerprint density at radius 1 is 1.41 bits per heavy atom. The summed E-state index contributed by atoms with van der Waals surface area (Å²) in [7, 11) is 0. The van der Waals surface area contributed by atoms with Crippen LogP contribution in [0, 0.1) is 0 Å². The summed E-state index contributed by atoms with van der Waals surface area (Å²) in [5.41, 5.74) is 1.99. The monoisotopic (exact) mass is 235 g/mol. The summed E-state index contributed by atoms with van der Waals surface area (Å²) in [6, 6.07) is 5.62. The van der Waals surface area contributed by atoms with Crippen LogP contribution in [0.2, 0.25) is 0 Å². The summed E-state index contributed by atoms with van der Waals surface area (Å²) in [5.74, 6) is -1.57. The molecule has 1 aliphatic heterocycles. The second kappa shape index (κ2) is 4.86. The fourth-order valence-corrected chi connectivity index (χ4v) is 1.78. The van der Waals surface area contributed by atoms with Crippen molar-refractivity contribution in [2.45, 2.75) is 19.4 Å². The van der Waals surface area contributed by atoms with Gasteiger partial charge in [0.2, 0.25) is 0 Å². The van der Waals surface area contributed by atoms with Crippen LogP contribution in [0.3, 0.4) is 0 Å². The summed E-state index contributed by atoms with van der Waals surface area (Å²) in [4.78, 5) is 21.2. The molecule has 0 atom stereocenters. The first-order chi connectivity index (χ1) is 8.16. The molecule has 1 aliphatic rings. The lowest BCUT2D eigenvalue weighted by Crippen LogP contribution is -2.30. The molecule has 2 N–H and O–H groups in total. The zero-order chi connectivity index (χ0) is 12.3. The van der Waals surface area contributed by atoms with Gasteiger partial charge in [0, 0.05) is 6.54 Å². The molecule has 1 amide bonds. The highest BCUT2D eigenvalue weighted by atomic mass is 16.5. The summed E-state index contributed by atoms with van der Waals surface area (Å²) in [6.45, 7) is 0.959. The standard InChI is InChI=1S/C12H13NO4/c14-11(12(15)16)13-7-8-3-4-10-9(6-8)2-1-5-17-10/h3-4,6H,1-2,5,7H2,(H,13,14)(H,15,16). The molecule has 0 spiro atoms. The molecular formula is C12H13NO4. The Labute approximate surface area is 98.4 Å². The Morgan fingerprint density at radius 2 is 2.24 bits per heavy atom. The van der Waals surface area contributed by atoms with Crippen molar-refractivity contribution in [2.24, 2.45) is 0 Å². The summed E-state index contributed by atoms with van der Waals surface area (Å²) in [5, 5.41) is 10.7. The molecule has 0 saturated carbocycles.